The Morgan fingerprint density at radius 3 is 2.42 bits per heavy atom. The smallest absolute Gasteiger partial charge is 0.224 e. The maximum atomic E-state index is 12.2. The summed E-state index contributed by atoms with van der Waals surface area (Å²) in [5.41, 5.74) is 1.46. The van der Waals surface area contributed by atoms with Gasteiger partial charge in [0.25, 0.3) is 0 Å². The van der Waals surface area contributed by atoms with Gasteiger partial charge in [0.15, 0.2) is 0 Å². The summed E-state index contributed by atoms with van der Waals surface area (Å²) in [5, 5.41) is 3.91. The highest BCUT2D eigenvalue weighted by Gasteiger charge is 2.12. The van der Waals surface area contributed by atoms with Crippen molar-refractivity contribution in [1.29, 1.82) is 0 Å². The van der Waals surface area contributed by atoms with Gasteiger partial charge in [-0.25, -0.2) is 0 Å². The Balaban J connectivity index is 1.86. The number of hydrogen-bond acceptors (Lipinski definition) is 4. The number of anilines is 1. The van der Waals surface area contributed by atoms with Crippen molar-refractivity contribution in [3.05, 3.63) is 45.9 Å². The Labute approximate surface area is 163 Å². The number of ether oxygens (including phenoxy) is 3. The third kappa shape index (κ3) is 5.44. The topological polar surface area (TPSA) is 56.8 Å². The molecule has 0 aliphatic carbocycles. The van der Waals surface area contributed by atoms with Gasteiger partial charge in [-0.2, -0.15) is 0 Å². The molecular formula is C19H21Cl2NO4. The van der Waals surface area contributed by atoms with Gasteiger partial charge in [-0.1, -0.05) is 23.2 Å². The van der Waals surface area contributed by atoms with Gasteiger partial charge >= 0.3 is 0 Å². The molecular weight excluding hydrogens is 377 g/mol. The SMILES string of the molecule is COc1cc(NC(=O)CCCOc2ccc(Cl)c(C)c2)c(OC)cc1Cl. The highest BCUT2D eigenvalue weighted by Crippen LogP contribution is 2.35. The van der Waals surface area contributed by atoms with Crippen molar-refractivity contribution in [1.82, 2.24) is 0 Å². The van der Waals surface area contributed by atoms with Crippen LogP contribution in [0.4, 0.5) is 5.69 Å². The van der Waals surface area contributed by atoms with E-state index in [4.69, 9.17) is 37.4 Å². The predicted molar refractivity (Wildman–Crippen MR) is 104 cm³/mol. The molecule has 0 aliphatic rings. The van der Waals surface area contributed by atoms with Crippen molar-refractivity contribution in [3.8, 4) is 17.2 Å². The Morgan fingerprint density at radius 1 is 1.04 bits per heavy atom. The Kier molecular flexibility index (Phi) is 7.42. The lowest BCUT2D eigenvalue weighted by Gasteiger charge is -2.13. The first-order valence-electron chi connectivity index (χ1n) is 8.05. The fraction of sp³-hybridized carbons (Fsp3) is 0.316. The minimum atomic E-state index is -0.149. The zero-order chi connectivity index (χ0) is 19.1. The number of carbonyl (C=O) groups excluding carboxylic acids is 1. The van der Waals surface area contributed by atoms with Gasteiger partial charge in [0, 0.05) is 23.6 Å². The van der Waals surface area contributed by atoms with Crippen LogP contribution < -0.4 is 19.5 Å². The Hall–Kier alpha value is -2.11. The molecule has 0 aliphatic heterocycles. The summed E-state index contributed by atoms with van der Waals surface area (Å²) in [6, 6.07) is 8.70. The summed E-state index contributed by atoms with van der Waals surface area (Å²) in [6.07, 6.45) is 0.876. The second-order valence-corrected chi connectivity index (χ2v) is 6.41. The largest absolute Gasteiger partial charge is 0.495 e. The summed E-state index contributed by atoms with van der Waals surface area (Å²) < 4.78 is 16.0. The molecule has 0 aromatic heterocycles. The zero-order valence-electron chi connectivity index (χ0n) is 14.9. The lowest BCUT2D eigenvalue weighted by Crippen LogP contribution is -2.13. The molecule has 26 heavy (non-hydrogen) atoms. The minimum Gasteiger partial charge on any atom is -0.495 e. The van der Waals surface area contributed by atoms with Crippen molar-refractivity contribution in [3.63, 3.8) is 0 Å². The number of rotatable bonds is 8. The minimum absolute atomic E-state index is 0.149. The zero-order valence-corrected chi connectivity index (χ0v) is 16.4. The van der Waals surface area contributed by atoms with E-state index in [1.807, 2.05) is 13.0 Å². The fourth-order valence-corrected chi connectivity index (χ4v) is 2.65. The molecule has 2 aromatic carbocycles. The van der Waals surface area contributed by atoms with Crippen LogP contribution in [0.2, 0.25) is 10.0 Å². The van der Waals surface area contributed by atoms with Gasteiger partial charge < -0.3 is 19.5 Å². The first-order chi connectivity index (χ1) is 12.4. The molecule has 0 radical (unpaired) electrons. The van der Waals surface area contributed by atoms with Crippen LogP contribution in [0.25, 0.3) is 0 Å². The van der Waals surface area contributed by atoms with Gasteiger partial charge in [0.05, 0.1) is 31.5 Å². The lowest BCUT2D eigenvalue weighted by molar-refractivity contribution is -0.116. The van der Waals surface area contributed by atoms with Crippen molar-refractivity contribution in [2.75, 3.05) is 26.1 Å². The van der Waals surface area contributed by atoms with Crippen LogP contribution in [0.5, 0.6) is 17.2 Å². The molecule has 5 nitrogen and oxygen atoms in total. The highest BCUT2D eigenvalue weighted by atomic mass is 35.5. The molecule has 7 heteroatoms. The molecule has 0 atom stereocenters. The molecule has 0 bridgehead atoms. The van der Waals surface area contributed by atoms with Gasteiger partial charge in [-0.05, 0) is 37.1 Å². The van der Waals surface area contributed by atoms with Gasteiger partial charge in [0.1, 0.15) is 17.2 Å². The van der Waals surface area contributed by atoms with Gasteiger partial charge in [-0.15, -0.1) is 0 Å². The summed E-state index contributed by atoms with van der Waals surface area (Å²) in [6.45, 7) is 2.34. The lowest BCUT2D eigenvalue weighted by atomic mass is 10.2. The number of hydrogen-bond donors (Lipinski definition) is 1. The number of amides is 1. The normalized spacial score (nSPS) is 10.3. The third-order valence-corrected chi connectivity index (χ3v) is 4.41. The van der Waals surface area contributed by atoms with Crippen molar-refractivity contribution < 1.29 is 19.0 Å². The molecule has 2 rings (SSSR count). The van der Waals surface area contributed by atoms with E-state index in [1.54, 1.807) is 24.3 Å². The van der Waals surface area contributed by atoms with Crippen molar-refractivity contribution in [2.45, 2.75) is 19.8 Å². The van der Waals surface area contributed by atoms with Crippen LogP contribution in [-0.4, -0.2) is 26.7 Å². The number of benzene rings is 2. The molecule has 0 saturated carbocycles. The highest BCUT2D eigenvalue weighted by molar-refractivity contribution is 6.32. The molecule has 0 unspecified atom stereocenters. The van der Waals surface area contributed by atoms with Crippen LogP contribution in [0, 0.1) is 6.92 Å². The number of methoxy groups -OCH3 is 2. The molecule has 140 valence electrons. The van der Waals surface area contributed by atoms with Gasteiger partial charge in [0.2, 0.25) is 5.91 Å². The van der Waals surface area contributed by atoms with Crippen LogP contribution in [0.15, 0.2) is 30.3 Å². The van der Waals surface area contributed by atoms with E-state index in [9.17, 15) is 4.79 Å². The maximum absolute atomic E-state index is 12.2. The summed E-state index contributed by atoms with van der Waals surface area (Å²) in [7, 11) is 3.02. The maximum Gasteiger partial charge on any atom is 0.224 e. The number of carbonyl (C=O) groups is 1. The summed E-state index contributed by atoms with van der Waals surface area (Å²) in [5.74, 6) is 1.52. The van der Waals surface area contributed by atoms with E-state index in [1.165, 1.54) is 14.2 Å². The van der Waals surface area contributed by atoms with Crippen LogP contribution >= 0.6 is 23.2 Å². The standard InChI is InChI=1S/C19H21Cl2NO4/c1-12-9-13(6-7-14(12)20)26-8-4-5-19(23)22-16-11-17(24-2)15(21)10-18(16)25-3/h6-7,9-11H,4-5,8H2,1-3H3,(H,22,23). The molecule has 0 saturated heterocycles. The summed E-state index contributed by atoms with van der Waals surface area (Å²) in [4.78, 5) is 12.2. The molecule has 2 aromatic rings. The Morgan fingerprint density at radius 2 is 1.77 bits per heavy atom. The predicted octanol–water partition coefficient (Wildman–Crippen LogP) is 5.12. The van der Waals surface area contributed by atoms with Crippen LogP contribution in [0.1, 0.15) is 18.4 Å². The second-order valence-electron chi connectivity index (χ2n) is 5.60. The molecule has 0 heterocycles. The van der Waals surface area contributed by atoms with Crippen LogP contribution in [0.3, 0.4) is 0 Å². The van der Waals surface area contributed by atoms with Gasteiger partial charge in [-0.3, -0.25) is 4.79 Å². The first-order valence-corrected chi connectivity index (χ1v) is 8.80. The summed E-state index contributed by atoms with van der Waals surface area (Å²) >= 11 is 12.0. The first kappa shape index (κ1) is 20.2. The molecule has 1 amide bonds. The third-order valence-electron chi connectivity index (χ3n) is 3.69. The molecule has 0 spiro atoms. The fourth-order valence-electron chi connectivity index (χ4n) is 2.30. The van der Waals surface area contributed by atoms with E-state index >= 15 is 0 Å². The average molecular weight is 398 g/mol. The number of aryl methyl sites for hydroxylation is 1. The Bertz CT molecular complexity index is 780. The second kappa shape index (κ2) is 9.55. The van der Waals surface area contributed by atoms with Crippen molar-refractivity contribution in [2.24, 2.45) is 0 Å². The monoisotopic (exact) mass is 397 g/mol. The number of halogens is 2. The van der Waals surface area contributed by atoms with Crippen LogP contribution in [-0.2, 0) is 4.79 Å². The molecule has 1 N–H and O–H groups in total. The van der Waals surface area contributed by atoms with E-state index < -0.39 is 0 Å². The van der Waals surface area contributed by atoms with E-state index in [-0.39, 0.29) is 5.91 Å². The van der Waals surface area contributed by atoms with E-state index in [0.29, 0.717) is 46.7 Å². The quantitative estimate of drug-likeness (QED) is 0.628. The number of nitrogens with one attached hydrogen (secondary N) is 1. The van der Waals surface area contributed by atoms with E-state index in [2.05, 4.69) is 5.32 Å². The van der Waals surface area contributed by atoms with E-state index in [0.717, 1.165) is 11.3 Å². The van der Waals surface area contributed by atoms with Crippen molar-refractivity contribution >= 4 is 34.8 Å². The molecule has 0 fully saturated rings. The average Bonchev–Trinajstić information content (AvgIpc) is 2.62.